The Hall–Kier alpha value is -0.0400. The molecule has 0 bridgehead atoms. The summed E-state index contributed by atoms with van der Waals surface area (Å²) < 4.78 is 0. The van der Waals surface area contributed by atoms with E-state index in [-0.39, 0.29) is 10.8 Å². The first-order valence-electron chi connectivity index (χ1n) is 4.43. The van der Waals surface area contributed by atoms with Crippen molar-refractivity contribution in [2.75, 3.05) is 0 Å². The van der Waals surface area contributed by atoms with E-state index in [1.54, 1.807) is 0 Å². The number of rotatable bonds is 1. The molecule has 0 saturated heterocycles. The van der Waals surface area contributed by atoms with Crippen molar-refractivity contribution in [3.63, 3.8) is 0 Å². The number of hydrogen-bond donors (Lipinski definition) is 1. The van der Waals surface area contributed by atoms with Gasteiger partial charge in [0.2, 0.25) is 0 Å². The highest BCUT2D eigenvalue weighted by molar-refractivity contribution is 5.10. The molecule has 1 saturated carbocycles. The van der Waals surface area contributed by atoms with Crippen LogP contribution in [0.1, 0.15) is 47.5 Å². The highest BCUT2D eigenvalue weighted by Gasteiger charge is 2.60. The maximum atomic E-state index is 9.94. The first kappa shape index (κ1) is 9.05. The van der Waals surface area contributed by atoms with E-state index < -0.39 is 5.60 Å². The van der Waals surface area contributed by atoms with E-state index in [9.17, 15) is 5.11 Å². The van der Waals surface area contributed by atoms with Crippen LogP contribution >= 0.6 is 0 Å². The predicted octanol–water partition coefficient (Wildman–Crippen LogP) is 2.58. The minimum absolute atomic E-state index is 0.181. The van der Waals surface area contributed by atoms with Crippen molar-refractivity contribution in [3.05, 3.63) is 0 Å². The summed E-state index contributed by atoms with van der Waals surface area (Å²) in [5.41, 5.74) is -0.0868. The minimum Gasteiger partial charge on any atom is -0.390 e. The second-order valence-electron chi connectivity index (χ2n) is 5.39. The second kappa shape index (κ2) is 2.01. The predicted molar refractivity (Wildman–Crippen MR) is 47.4 cm³/mol. The normalized spacial score (nSPS) is 23.5. The fourth-order valence-corrected chi connectivity index (χ4v) is 2.40. The molecule has 0 unspecified atom stereocenters. The van der Waals surface area contributed by atoms with Gasteiger partial charge in [-0.05, 0) is 32.1 Å². The van der Waals surface area contributed by atoms with E-state index >= 15 is 0 Å². The topological polar surface area (TPSA) is 20.2 Å². The summed E-state index contributed by atoms with van der Waals surface area (Å²) in [5, 5.41) is 9.94. The average molecular weight is 156 g/mol. The van der Waals surface area contributed by atoms with Crippen LogP contribution in [0.25, 0.3) is 0 Å². The van der Waals surface area contributed by atoms with Crippen LogP contribution in [0.3, 0.4) is 0 Å². The Morgan fingerprint density at radius 2 is 1.36 bits per heavy atom. The van der Waals surface area contributed by atoms with E-state index in [4.69, 9.17) is 0 Å². The van der Waals surface area contributed by atoms with Gasteiger partial charge in [-0.25, -0.2) is 0 Å². The highest BCUT2D eigenvalue weighted by Crippen LogP contribution is 2.64. The molecule has 1 nitrogen and oxygen atoms in total. The molecule has 1 fully saturated rings. The molecule has 1 heteroatoms. The zero-order chi connectivity index (χ0) is 8.91. The van der Waals surface area contributed by atoms with Gasteiger partial charge in [0.25, 0.3) is 0 Å². The third-order valence-corrected chi connectivity index (χ3v) is 3.36. The second-order valence-corrected chi connectivity index (χ2v) is 5.39. The van der Waals surface area contributed by atoms with Crippen molar-refractivity contribution >= 4 is 0 Å². The Bertz CT molecular complexity index is 137. The van der Waals surface area contributed by atoms with Crippen LogP contribution in [-0.2, 0) is 0 Å². The van der Waals surface area contributed by atoms with Crippen LogP contribution in [0.2, 0.25) is 0 Å². The molecule has 0 aromatic rings. The summed E-state index contributed by atoms with van der Waals surface area (Å²) >= 11 is 0. The fourth-order valence-electron chi connectivity index (χ4n) is 2.40. The van der Waals surface area contributed by atoms with Crippen molar-refractivity contribution in [1.82, 2.24) is 0 Å². The molecule has 0 spiro atoms. The average Bonchev–Trinajstić information content (AvgIpc) is 2.31. The maximum absolute atomic E-state index is 9.94. The monoisotopic (exact) mass is 156 g/mol. The molecule has 1 rings (SSSR count). The Morgan fingerprint density at radius 1 is 1.00 bits per heavy atom. The smallest absolute Gasteiger partial charge is 0.0652 e. The summed E-state index contributed by atoms with van der Waals surface area (Å²) in [6.07, 6.45) is 2.36. The molecule has 0 amide bonds. The van der Waals surface area contributed by atoms with Gasteiger partial charge < -0.3 is 5.11 Å². The van der Waals surface area contributed by atoms with Gasteiger partial charge in [-0.1, -0.05) is 20.8 Å². The Labute approximate surface area is 69.8 Å². The van der Waals surface area contributed by atoms with E-state index in [0.717, 1.165) is 0 Å². The standard InChI is InChI=1S/C10H20O/c1-8(2,3)10(6-7-10)9(4,5)11/h11H,6-7H2,1-5H3. The summed E-state index contributed by atoms with van der Waals surface area (Å²) in [6.45, 7) is 10.5. The van der Waals surface area contributed by atoms with Gasteiger partial charge in [0.15, 0.2) is 0 Å². The van der Waals surface area contributed by atoms with Gasteiger partial charge in [-0.15, -0.1) is 0 Å². The van der Waals surface area contributed by atoms with Crippen molar-refractivity contribution in [2.45, 2.75) is 53.1 Å². The molecule has 0 aliphatic heterocycles. The van der Waals surface area contributed by atoms with Crippen molar-refractivity contribution < 1.29 is 5.11 Å². The van der Waals surface area contributed by atoms with E-state index in [0.29, 0.717) is 0 Å². The quantitative estimate of drug-likeness (QED) is 0.618. The van der Waals surface area contributed by atoms with E-state index in [1.807, 2.05) is 13.8 Å². The summed E-state index contributed by atoms with van der Waals surface area (Å²) in [6, 6.07) is 0. The lowest BCUT2D eigenvalue weighted by atomic mass is 9.69. The molecular weight excluding hydrogens is 136 g/mol. The first-order valence-corrected chi connectivity index (χ1v) is 4.43. The van der Waals surface area contributed by atoms with Crippen LogP contribution in [-0.4, -0.2) is 10.7 Å². The molecule has 66 valence electrons. The zero-order valence-electron chi connectivity index (χ0n) is 8.36. The lowest BCUT2D eigenvalue weighted by Crippen LogP contribution is -2.41. The minimum atomic E-state index is -0.509. The van der Waals surface area contributed by atoms with Crippen molar-refractivity contribution in [2.24, 2.45) is 10.8 Å². The van der Waals surface area contributed by atoms with Crippen LogP contribution in [0, 0.1) is 10.8 Å². The van der Waals surface area contributed by atoms with Gasteiger partial charge in [-0.2, -0.15) is 0 Å². The number of hydrogen-bond acceptors (Lipinski definition) is 1. The Morgan fingerprint density at radius 3 is 1.36 bits per heavy atom. The van der Waals surface area contributed by atoms with Crippen LogP contribution in [0.5, 0.6) is 0 Å². The first-order chi connectivity index (χ1) is 4.71. The van der Waals surface area contributed by atoms with E-state index in [1.165, 1.54) is 12.8 Å². The summed E-state index contributed by atoms with van der Waals surface area (Å²) in [4.78, 5) is 0. The molecule has 1 aliphatic rings. The maximum Gasteiger partial charge on any atom is 0.0652 e. The van der Waals surface area contributed by atoms with Gasteiger partial charge in [0.1, 0.15) is 0 Å². The fraction of sp³-hybridized carbons (Fsp3) is 1.00. The number of aliphatic hydroxyl groups is 1. The molecule has 0 heterocycles. The zero-order valence-corrected chi connectivity index (χ0v) is 8.36. The molecule has 1 aliphatic carbocycles. The largest absolute Gasteiger partial charge is 0.390 e. The van der Waals surface area contributed by atoms with Crippen molar-refractivity contribution in [1.29, 1.82) is 0 Å². The molecule has 0 atom stereocenters. The van der Waals surface area contributed by atoms with Crippen LogP contribution in [0.4, 0.5) is 0 Å². The van der Waals surface area contributed by atoms with E-state index in [2.05, 4.69) is 20.8 Å². The molecule has 0 aromatic carbocycles. The van der Waals surface area contributed by atoms with Crippen LogP contribution < -0.4 is 0 Å². The van der Waals surface area contributed by atoms with Crippen molar-refractivity contribution in [3.8, 4) is 0 Å². The summed E-state index contributed by atoms with van der Waals surface area (Å²) in [7, 11) is 0. The van der Waals surface area contributed by atoms with Gasteiger partial charge in [0, 0.05) is 5.41 Å². The molecule has 1 N–H and O–H groups in total. The van der Waals surface area contributed by atoms with Gasteiger partial charge in [-0.3, -0.25) is 0 Å². The highest BCUT2D eigenvalue weighted by atomic mass is 16.3. The Balaban J connectivity index is 2.85. The third-order valence-electron chi connectivity index (χ3n) is 3.36. The third kappa shape index (κ3) is 1.20. The Kier molecular flexibility index (Phi) is 1.65. The molecule has 11 heavy (non-hydrogen) atoms. The molecule has 0 aromatic heterocycles. The molecular formula is C10H20O. The lowest BCUT2D eigenvalue weighted by molar-refractivity contribution is -0.0514. The summed E-state index contributed by atoms with van der Waals surface area (Å²) in [5.74, 6) is 0. The van der Waals surface area contributed by atoms with Crippen LogP contribution in [0.15, 0.2) is 0 Å². The lowest BCUT2D eigenvalue weighted by Gasteiger charge is -2.40. The van der Waals surface area contributed by atoms with Gasteiger partial charge in [0.05, 0.1) is 5.60 Å². The van der Waals surface area contributed by atoms with Gasteiger partial charge >= 0.3 is 0 Å². The molecule has 0 radical (unpaired) electrons. The SMILES string of the molecule is CC(C)(C)C1(C(C)(C)O)CC1.